The van der Waals surface area contributed by atoms with Crippen molar-refractivity contribution in [3.8, 4) is 0 Å². The van der Waals surface area contributed by atoms with Crippen LogP contribution in [0.2, 0.25) is 0 Å². The summed E-state index contributed by atoms with van der Waals surface area (Å²) in [4.78, 5) is 14.6. The van der Waals surface area contributed by atoms with Gasteiger partial charge in [-0.05, 0) is 37.0 Å². The fourth-order valence-corrected chi connectivity index (χ4v) is 4.06. The molecule has 2 aromatic carbocycles. The van der Waals surface area contributed by atoms with E-state index in [-0.39, 0.29) is 12.5 Å². The molecule has 0 saturated heterocycles. The Morgan fingerprint density at radius 3 is 2.22 bits per heavy atom. The molecule has 0 aliphatic heterocycles. The van der Waals surface area contributed by atoms with E-state index in [0.717, 1.165) is 22.9 Å². The summed E-state index contributed by atoms with van der Waals surface area (Å²) in [5.74, 6) is -0.211. The Hall–Kier alpha value is -2.34. The van der Waals surface area contributed by atoms with Gasteiger partial charge in [0.2, 0.25) is 15.9 Å². The van der Waals surface area contributed by atoms with Crippen molar-refractivity contribution in [2.75, 3.05) is 23.7 Å². The van der Waals surface area contributed by atoms with E-state index < -0.39 is 10.0 Å². The van der Waals surface area contributed by atoms with Crippen molar-refractivity contribution >= 4 is 21.6 Å². The van der Waals surface area contributed by atoms with Gasteiger partial charge in [0.1, 0.15) is 6.54 Å². The number of aryl methyl sites for hydroxylation is 2. The van der Waals surface area contributed by atoms with Crippen molar-refractivity contribution in [2.24, 2.45) is 0 Å². The van der Waals surface area contributed by atoms with Gasteiger partial charge in [-0.2, -0.15) is 0 Å². The minimum atomic E-state index is -3.60. The van der Waals surface area contributed by atoms with Crippen LogP contribution in [0.4, 0.5) is 5.69 Å². The number of likely N-dealkylation sites (N-methyl/N-ethyl adjacent to an activating group) is 1. The molecule has 0 aliphatic rings. The fraction of sp³-hybridized carbons (Fsp3) is 0.381. The predicted molar refractivity (Wildman–Crippen MR) is 110 cm³/mol. The molecule has 0 atom stereocenters. The minimum absolute atomic E-state index is 0.197. The molecule has 2 aromatic rings. The average Bonchev–Trinajstić information content (AvgIpc) is 2.64. The van der Waals surface area contributed by atoms with Crippen LogP contribution in [-0.4, -0.2) is 38.6 Å². The van der Waals surface area contributed by atoms with Crippen LogP contribution in [0.25, 0.3) is 0 Å². The molecule has 27 heavy (non-hydrogen) atoms. The summed E-state index contributed by atoms with van der Waals surface area (Å²) in [7, 11) is -3.60. The van der Waals surface area contributed by atoms with Crippen LogP contribution in [-0.2, 0) is 27.8 Å². The predicted octanol–water partition coefficient (Wildman–Crippen LogP) is 3.37. The first-order valence-corrected chi connectivity index (χ1v) is 11.0. The second-order valence-corrected chi connectivity index (χ2v) is 8.51. The molecule has 2 rings (SSSR count). The van der Waals surface area contributed by atoms with E-state index in [2.05, 4.69) is 0 Å². The van der Waals surface area contributed by atoms with Crippen LogP contribution < -0.4 is 4.31 Å². The van der Waals surface area contributed by atoms with Gasteiger partial charge in [0.05, 0.1) is 11.9 Å². The Labute approximate surface area is 162 Å². The first-order valence-electron chi connectivity index (χ1n) is 9.15. The van der Waals surface area contributed by atoms with Crippen molar-refractivity contribution in [2.45, 2.75) is 33.7 Å². The molecule has 0 fully saturated rings. The van der Waals surface area contributed by atoms with E-state index in [0.29, 0.717) is 25.2 Å². The van der Waals surface area contributed by atoms with Gasteiger partial charge >= 0.3 is 0 Å². The van der Waals surface area contributed by atoms with Crippen molar-refractivity contribution in [3.63, 3.8) is 0 Å². The maximum atomic E-state index is 12.9. The topological polar surface area (TPSA) is 57.7 Å². The Kier molecular flexibility index (Phi) is 7.02. The van der Waals surface area contributed by atoms with Crippen LogP contribution in [0.3, 0.4) is 0 Å². The standard InChI is InChI=1S/C21H28N2O3S/c1-5-19-14-10-11-17(3)21(19)23(27(4,25)26)16-20(24)22(6-2)15-18-12-8-7-9-13-18/h7-14H,5-6,15-16H2,1-4H3. The number of carbonyl (C=O) groups is 1. The highest BCUT2D eigenvalue weighted by Gasteiger charge is 2.26. The zero-order valence-corrected chi connectivity index (χ0v) is 17.3. The lowest BCUT2D eigenvalue weighted by atomic mass is 10.1. The number of hydrogen-bond donors (Lipinski definition) is 0. The van der Waals surface area contributed by atoms with Gasteiger partial charge in [0.15, 0.2) is 0 Å². The van der Waals surface area contributed by atoms with Crippen LogP contribution in [0.15, 0.2) is 48.5 Å². The summed E-state index contributed by atoms with van der Waals surface area (Å²) in [6.07, 6.45) is 1.85. The van der Waals surface area contributed by atoms with Gasteiger partial charge in [-0.25, -0.2) is 8.42 Å². The summed E-state index contributed by atoms with van der Waals surface area (Å²) in [5, 5.41) is 0. The molecular weight excluding hydrogens is 360 g/mol. The molecule has 1 amide bonds. The zero-order chi connectivity index (χ0) is 20.0. The third kappa shape index (κ3) is 5.32. The van der Waals surface area contributed by atoms with Gasteiger partial charge in [0.25, 0.3) is 0 Å². The lowest BCUT2D eigenvalue weighted by Crippen LogP contribution is -2.43. The molecule has 146 valence electrons. The number of anilines is 1. The van der Waals surface area contributed by atoms with Crippen molar-refractivity contribution in [3.05, 3.63) is 65.2 Å². The van der Waals surface area contributed by atoms with Gasteiger partial charge in [-0.3, -0.25) is 9.10 Å². The zero-order valence-electron chi connectivity index (χ0n) is 16.5. The van der Waals surface area contributed by atoms with Gasteiger partial charge < -0.3 is 4.90 Å². The summed E-state index contributed by atoms with van der Waals surface area (Å²) < 4.78 is 26.3. The highest BCUT2D eigenvalue weighted by Crippen LogP contribution is 2.28. The third-order valence-electron chi connectivity index (χ3n) is 4.58. The summed E-state index contributed by atoms with van der Waals surface area (Å²) in [6, 6.07) is 15.4. The second kappa shape index (κ2) is 9.04. The molecule has 0 spiro atoms. The molecular formula is C21H28N2O3S. The molecule has 0 radical (unpaired) electrons. The molecule has 0 bridgehead atoms. The maximum Gasteiger partial charge on any atom is 0.243 e. The quantitative estimate of drug-likeness (QED) is 0.697. The Morgan fingerprint density at radius 2 is 1.67 bits per heavy atom. The number of nitrogens with zero attached hydrogens (tertiary/aromatic N) is 2. The lowest BCUT2D eigenvalue weighted by Gasteiger charge is -2.29. The van der Waals surface area contributed by atoms with E-state index in [1.165, 1.54) is 4.31 Å². The molecule has 6 heteroatoms. The summed E-state index contributed by atoms with van der Waals surface area (Å²) >= 11 is 0. The number of para-hydroxylation sites is 1. The molecule has 0 unspecified atom stereocenters. The third-order valence-corrected chi connectivity index (χ3v) is 5.69. The second-order valence-electron chi connectivity index (χ2n) is 6.60. The van der Waals surface area contributed by atoms with Crippen LogP contribution in [0.1, 0.15) is 30.5 Å². The number of rotatable bonds is 8. The summed E-state index contributed by atoms with van der Waals surface area (Å²) in [6.45, 7) is 6.53. The smallest absolute Gasteiger partial charge is 0.243 e. The Balaban J connectivity index is 2.33. The van der Waals surface area contributed by atoms with E-state index in [4.69, 9.17) is 0 Å². The minimum Gasteiger partial charge on any atom is -0.337 e. The van der Waals surface area contributed by atoms with Crippen molar-refractivity contribution in [1.29, 1.82) is 0 Å². The molecule has 0 N–H and O–H groups in total. The van der Waals surface area contributed by atoms with Crippen LogP contribution in [0, 0.1) is 6.92 Å². The SMILES string of the molecule is CCc1cccc(C)c1N(CC(=O)N(CC)Cc1ccccc1)S(C)(=O)=O. The van der Waals surface area contributed by atoms with E-state index in [1.807, 2.05) is 69.3 Å². The Morgan fingerprint density at radius 1 is 1.00 bits per heavy atom. The first-order chi connectivity index (χ1) is 12.8. The number of hydrogen-bond acceptors (Lipinski definition) is 3. The van der Waals surface area contributed by atoms with Gasteiger partial charge in [-0.15, -0.1) is 0 Å². The Bertz CT molecular complexity index is 880. The van der Waals surface area contributed by atoms with Crippen molar-refractivity contribution in [1.82, 2.24) is 4.90 Å². The van der Waals surface area contributed by atoms with Crippen LogP contribution >= 0.6 is 0 Å². The molecule has 0 heterocycles. The van der Waals surface area contributed by atoms with Crippen LogP contribution in [0.5, 0.6) is 0 Å². The van der Waals surface area contributed by atoms with E-state index in [9.17, 15) is 13.2 Å². The molecule has 0 aromatic heterocycles. The number of benzene rings is 2. The summed E-state index contributed by atoms with van der Waals surface area (Å²) in [5.41, 5.74) is 3.40. The van der Waals surface area contributed by atoms with E-state index in [1.54, 1.807) is 4.90 Å². The average molecular weight is 389 g/mol. The number of sulfonamides is 1. The highest BCUT2D eigenvalue weighted by molar-refractivity contribution is 7.92. The fourth-order valence-electron chi connectivity index (χ4n) is 3.13. The first kappa shape index (κ1) is 21.0. The largest absolute Gasteiger partial charge is 0.337 e. The molecule has 0 saturated carbocycles. The van der Waals surface area contributed by atoms with E-state index >= 15 is 0 Å². The maximum absolute atomic E-state index is 12.9. The van der Waals surface area contributed by atoms with Gasteiger partial charge in [-0.1, -0.05) is 55.5 Å². The molecule has 0 aliphatic carbocycles. The monoisotopic (exact) mass is 388 g/mol. The molecule has 5 nitrogen and oxygen atoms in total. The highest BCUT2D eigenvalue weighted by atomic mass is 32.2. The van der Waals surface area contributed by atoms with Crippen molar-refractivity contribution < 1.29 is 13.2 Å². The normalized spacial score (nSPS) is 11.3. The van der Waals surface area contributed by atoms with Gasteiger partial charge in [0, 0.05) is 13.1 Å². The number of carbonyl (C=O) groups excluding carboxylic acids is 1. The lowest BCUT2D eigenvalue weighted by molar-refractivity contribution is -0.129. The number of amides is 1.